The van der Waals surface area contributed by atoms with E-state index in [0.717, 1.165) is 12.1 Å². The highest BCUT2D eigenvalue weighted by molar-refractivity contribution is 6.15. The van der Waals surface area contributed by atoms with Crippen molar-refractivity contribution in [1.82, 2.24) is 0 Å². The van der Waals surface area contributed by atoms with Gasteiger partial charge in [0.1, 0.15) is 24.8 Å². The van der Waals surface area contributed by atoms with Crippen LogP contribution in [0, 0.1) is 11.6 Å². The lowest BCUT2D eigenvalue weighted by Crippen LogP contribution is -2.19. The van der Waals surface area contributed by atoms with Gasteiger partial charge in [-0.1, -0.05) is 24.3 Å². The largest absolute Gasteiger partial charge is 0.486 e. The van der Waals surface area contributed by atoms with Crippen LogP contribution in [0.5, 0.6) is 11.5 Å². The van der Waals surface area contributed by atoms with Crippen molar-refractivity contribution in [1.29, 1.82) is 0 Å². The first kappa shape index (κ1) is 18.6. The molecule has 146 valence electrons. The number of nitrogens with one attached hydrogen (secondary N) is 1. The van der Waals surface area contributed by atoms with Crippen molar-refractivity contribution in [2.75, 3.05) is 18.5 Å². The van der Waals surface area contributed by atoms with Crippen molar-refractivity contribution in [2.45, 2.75) is 0 Å². The molecular weight excluding hydrogens is 380 g/mol. The lowest BCUT2D eigenvalue weighted by molar-refractivity contribution is 0.102. The molecule has 7 heteroatoms. The van der Waals surface area contributed by atoms with Crippen molar-refractivity contribution in [3.05, 3.63) is 89.0 Å². The molecule has 0 aliphatic carbocycles. The van der Waals surface area contributed by atoms with Crippen LogP contribution in [0.25, 0.3) is 0 Å². The summed E-state index contributed by atoms with van der Waals surface area (Å²) >= 11 is 0. The number of benzene rings is 3. The van der Waals surface area contributed by atoms with Gasteiger partial charge in [-0.3, -0.25) is 9.59 Å². The predicted molar refractivity (Wildman–Crippen MR) is 102 cm³/mol. The van der Waals surface area contributed by atoms with Gasteiger partial charge in [-0.05, 0) is 30.3 Å². The number of halogens is 2. The molecule has 3 aromatic rings. The highest BCUT2D eigenvalue weighted by Crippen LogP contribution is 2.37. The molecule has 0 saturated carbocycles. The minimum Gasteiger partial charge on any atom is -0.486 e. The van der Waals surface area contributed by atoms with E-state index in [1.165, 1.54) is 48.5 Å². The zero-order chi connectivity index (χ0) is 20.4. The third-order valence-electron chi connectivity index (χ3n) is 4.38. The molecule has 0 aromatic heterocycles. The van der Waals surface area contributed by atoms with Gasteiger partial charge in [0, 0.05) is 11.6 Å². The third-order valence-corrected chi connectivity index (χ3v) is 4.38. The minimum atomic E-state index is -0.729. The van der Waals surface area contributed by atoms with Gasteiger partial charge in [0.05, 0.1) is 16.8 Å². The number of amides is 1. The molecule has 0 fully saturated rings. The van der Waals surface area contributed by atoms with Crippen LogP contribution in [0.4, 0.5) is 14.5 Å². The molecule has 29 heavy (non-hydrogen) atoms. The molecule has 0 unspecified atom stereocenters. The van der Waals surface area contributed by atoms with Crippen LogP contribution in [0.1, 0.15) is 26.3 Å². The quantitative estimate of drug-likeness (QED) is 0.672. The molecule has 5 nitrogen and oxygen atoms in total. The maximum Gasteiger partial charge on any atom is 0.258 e. The zero-order valence-corrected chi connectivity index (χ0v) is 15.1. The standard InChI is InChI=1S/C22H15F2NO4/c23-14-5-3-4-13(10-14)21(26)16-11-19-20(29-9-8-28-19)12-18(16)25-22(27)15-6-1-2-7-17(15)24/h1-7,10-12H,8-9H2,(H,25,27). The van der Waals surface area contributed by atoms with Gasteiger partial charge in [-0.2, -0.15) is 0 Å². The van der Waals surface area contributed by atoms with Crippen LogP contribution in [-0.4, -0.2) is 24.9 Å². The van der Waals surface area contributed by atoms with Crippen molar-refractivity contribution < 1.29 is 27.8 Å². The van der Waals surface area contributed by atoms with Gasteiger partial charge < -0.3 is 14.8 Å². The zero-order valence-electron chi connectivity index (χ0n) is 15.1. The van der Waals surface area contributed by atoms with Gasteiger partial charge >= 0.3 is 0 Å². The fourth-order valence-corrected chi connectivity index (χ4v) is 3.00. The second kappa shape index (κ2) is 7.71. The number of hydrogen-bond acceptors (Lipinski definition) is 4. The van der Waals surface area contributed by atoms with Crippen molar-refractivity contribution in [2.24, 2.45) is 0 Å². The molecule has 1 aliphatic heterocycles. The second-order valence-electron chi connectivity index (χ2n) is 6.31. The molecule has 1 heterocycles. The summed E-state index contributed by atoms with van der Waals surface area (Å²) in [5.74, 6) is -1.83. The molecular formula is C22H15F2NO4. The van der Waals surface area contributed by atoms with Crippen LogP contribution in [0.15, 0.2) is 60.7 Å². The van der Waals surface area contributed by atoms with Gasteiger partial charge in [0.25, 0.3) is 5.91 Å². The van der Waals surface area contributed by atoms with Gasteiger partial charge in [0.15, 0.2) is 17.3 Å². The molecule has 3 aromatic carbocycles. The first-order valence-electron chi connectivity index (χ1n) is 8.83. The van der Waals surface area contributed by atoms with Gasteiger partial charge in [-0.25, -0.2) is 8.78 Å². The van der Waals surface area contributed by atoms with E-state index < -0.39 is 23.3 Å². The van der Waals surface area contributed by atoms with E-state index in [9.17, 15) is 18.4 Å². The van der Waals surface area contributed by atoms with Crippen molar-refractivity contribution >= 4 is 17.4 Å². The number of ketones is 1. The van der Waals surface area contributed by atoms with E-state index in [1.54, 1.807) is 0 Å². The van der Waals surface area contributed by atoms with Crippen LogP contribution < -0.4 is 14.8 Å². The lowest BCUT2D eigenvalue weighted by Gasteiger charge is -2.21. The maximum absolute atomic E-state index is 14.0. The molecule has 1 amide bonds. The number of ether oxygens (including phenoxy) is 2. The number of fused-ring (bicyclic) bond motifs is 1. The molecule has 0 radical (unpaired) electrons. The predicted octanol–water partition coefficient (Wildman–Crippen LogP) is 4.22. The normalized spacial score (nSPS) is 12.3. The summed E-state index contributed by atoms with van der Waals surface area (Å²) in [6, 6.07) is 13.6. The van der Waals surface area contributed by atoms with Crippen LogP contribution in [0.2, 0.25) is 0 Å². The summed E-state index contributed by atoms with van der Waals surface area (Å²) in [6.07, 6.45) is 0. The van der Waals surface area contributed by atoms with E-state index in [0.29, 0.717) is 24.7 Å². The molecule has 0 bridgehead atoms. The Kier molecular flexibility index (Phi) is 4.95. The van der Waals surface area contributed by atoms with Crippen molar-refractivity contribution in [3.8, 4) is 11.5 Å². The van der Waals surface area contributed by atoms with E-state index in [1.807, 2.05) is 0 Å². The molecule has 0 spiro atoms. The SMILES string of the molecule is O=C(Nc1cc2c(cc1C(=O)c1cccc(F)c1)OCCO2)c1ccccc1F. The average molecular weight is 395 g/mol. The highest BCUT2D eigenvalue weighted by atomic mass is 19.1. The Morgan fingerprint density at radius 2 is 1.55 bits per heavy atom. The first-order chi connectivity index (χ1) is 14.0. The van der Waals surface area contributed by atoms with E-state index in [4.69, 9.17) is 9.47 Å². The summed E-state index contributed by atoms with van der Waals surface area (Å²) < 4.78 is 38.6. The maximum atomic E-state index is 14.0. The number of carbonyl (C=O) groups excluding carboxylic acids is 2. The van der Waals surface area contributed by atoms with Crippen LogP contribution in [0.3, 0.4) is 0 Å². The molecule has 1 aliphatic rings. The van der Waals surface area contributed by atoms with Gasteiger partial charge in [-0.15, -0.1) is 0 Å². The Hall–Kier alpha value is -3.74. The van der Waals surface area contributed by atoms with E-state index >= 15 is 0 Å². The summed E-state index contributed by atoms with van der Waals surface area (Å²) in [7, 11) is 0. The van der Waals surface area contributed by atoms with Crippen LogP contribution in [-0.2, 0) is 0 Å². The Bertz CT molecular complexity index is 1110. The Morgan fingerprint density at radius 3 is 2.28 bits per heavy atom. The number of rotatable bonds is 4. The van der Waals surface area contributed by atoms with E-state index in [2.05, 4.69) is 5.32 Å². The smallest absolute Gasteiger partial charge is 0.258 e. The van der Waals surface area contributed by atoms with Gasteiger partial charge in [0.2, 0.25) is 0 Å². The first-order valence-corrected chi connectivity index (χ1v) is 8.83. The lowest BCUT2D eigenvalue weighted by atomic mass is 10.00. The molecule has 4 rings (SSSR count). The molecule has 1 N–H and O–H groups in total. The average Bonchev–Trinajstić information content (AvgIpc) is 2.73. The summed E-state index contributed by atoms with van der Waals surface area (Å²) in [5, 5.41) is 2.55. The molecule has 0 atom stereocenters. The number of hydrogen-bond donors (Lipinski definition) is 1. The Balaban J connectivity index is 1.76. The molecule has 0 saturated heterocycles. The Labute approximate surface area is 164 Å². The highest BCUT2D eigenvalue weighted by Gasteiger charge is 2.23. The second-order valence-corrected chi connectivity index (χ2v) is 6.31. The minimum absolute atomic E-state index is 0.0736. The number of carbonyl (C=O) groups is 2. The summed E-state index contributed by atoms with van der Waals surface area (Å²) in [4.78, 5) is 25.6. The van der Waals surface area contributed by atoms with E-state index in [-0.39, 0.29) is 22.4 Å². The number of anilines is 1. The van der Waals surface area contributed by atoms with Crippen molar-refractivity contribution in [3.63, 3.8) is 0 Å². The fourth-order valence-electron chi connectivity index (χ4n) is 3.00. The Morgan fingerprint density at radius 1 is 0.828 bits per heavy atom. The monoisotopic (exact) mass is 395 g/mol. The topological polar surface area (TPSA) is 64.6 Å². The fraction of sp³-hybridized carbons (Fsp3) is 0.0909. The van der Waals surface area contributed by atoms with Crippen LogP contribution >= 0.6 is 0 Å². The third kappa shape index (κ3) is 3.80. The summed E-state index contributed by atoms with van der Waals surface area (Å²) in [6.45, 7) is 0.617. The summed E-state index contributed by atoms with van der Waals surface area (Å²) in [5.41, 5.74) is 0.107.